The molecule has 1 saturated heterocycles. The minimum absolute atomic E-state index is 0.0533. The number of benzene rings is 2. The maximum absolute atomic E-state index is 12.6. The predicted octanol–water partition coefficient (Wildman–Crippen LogP) is 2.75. The van der Waals surface area contributed by atoms with Crippen molar-refractivity contribution in [3.05, 3.63) is 59.4 Å². The Morgan fingerprint density at radius 1 is 1.09 bits per heavy atom. The van der Waals surface area contributed by atoms with Gasteiger partial charge in [-0.1, -0.05) is 12.1 Å². The van der Waals surface area contributed by atoms with Gasteiger partial charge < -0.3 is 24.8 Å². The summed E-state index contributed by atoms with van der Waals surface area (Å²) in [6.07, 6.45) is 0. The molecule has 2 aromatic carbocycles. The summed E-state index contributed by atoms with van der Waals surface area (Å²) in [5, 5.41) is 5.92. The summed E-state index contributed by atoms with van der Waals surface area (Å²) in [7, 11) is 3.63. The molecule has 0 unspecified atom stereocenters. The van der Waals surface area contributed by atoms with Crippen LogP contribution in [-0.2, 0) is 20.1 Å². The number of carbonyl (C=O) groups excluding carboxylic acids is 2. The van der Waals surface area contributed by atoms with Crippen molar-refractivity contribution in [3.8, 4) is 5.75 Å². The van der Waals surface area contributed by atoms with Crippen LogP contribution in [0.2, 0.25) is 0 Å². The zero-order valence-corrected chi connectivity index (χ0v) is 20.9. The number of nitrogens with one attached hydrogen (secondary N) is 2. The molecule has 0 aliphatic carbocycles. The highest BCUT2D eigenvalue weighted by molar-refractivity contribution is 5.97. The van der Waals surface area contributed by atoms with E-state index in [2.05, 4.69) is 20.1 Å². The third-order valence-corrected chi connectivity index (χ3v) is 6.26. The van der Waals surface area contributed by atoms with Gasteiger partial charge in [0.1, 0.15) is 11.6 Å². The number of ether oxygens (including phenoxy) is 1. The summed E-state index contributed by atoms with van der Waals surface area (Å²) in [6.45, 7) is 7.92. The Labute approximate surface area is 206 Å². The number of carbonyl (C=O) groups is 2. The quantitative estimate of drug-likeness (QED) is 0.545. The molecular weight excluding hydrogens is 444 g/mol. The van der Waals surface area contributed by atoms with E-state index in [-0.39, 0.29) is 18.0 Å². The number of aromatic nitrogens is 2. The fourth-order valence-electron chi connectivity index (χ4n) is 4.26. The minimum atomic E-state index is -0.0881. The molecule has 0 saturated carbocycles. The Morgan fingerprint density at radius 3 is 2.57 bits per heavy atom. The maximum atomic E-state index is 12.6. The lowest BCUT2D eigenvalue weighted by Gasteiger charge is -2.34. The van der Waals surface area contributed by atoms with Gasteiger partial charge in [0.15, 0.2) is 0 Å². The van der Waals surface area contributed by atoms with E-state index in [1.165, 1.54) is 0 Å². The Morgan fingerprint density at radius 2 is 1.86 bits per heavy atom. The van der Waals surface area contributed by atoms with E-state index in [9.17, 15) is 9.59 Å². The molecule has 1 aliphatic heterocycles. The second-order valence-corrected chi connectivity index (χ2v) is 9.19. The van der Waals surface area contributed by atoms with Crippen LogP contribution in [-0.4, -0.2) is 70.6 Å². The van der Waals surface area contributed by atoms with E-state index < -0.39 is 0 Å². The molecule has 1 aliphatic rings. The molecule has 0 radical (unpaired) electrons. The molecule has 0 atom stereocenters. The zero-order chi connectivity index (χ0) is 24.9. The number of piperazine rings is 1. The Kier molecular flexibility index (Phi) is 7.55. The highest BCUT2D eigenvalue weighted by atomic mass is 16.5. The molecular formula is C26H34N6O3. The van der Waals surface area contributed by atoms with Crippen molar-refractivity contribution in [2.45, 2.75) is 33.0 Å². The van der Waals surface area contributed by atoms with E-state index in [0.717, 1.165) is 41.3 Å². The van der Waals surface area contributed by atoms with Crippen LogP contribution in [0.1, 0.15) is 35.6 Å². The molecule has 0 bridgehead atoms. The summed E-state index contributed by atoms with van der Waals surface area (Å²) < 4.78 is 7.32. The van der Waals surface area contributed by atoms with E-state index >= 15 is 0 Å². The summed E-state index contributed by atoms with van der Waals surface area (Å²) in [5.74, 6) is 1.63. The van der Waals surface area contributed by atoms with Gasteiger partial charge in [-0.15, -0.1) is 0 Å². The lowest BCUT2D eigenvalue weighted by molar-refractivity contribution is 0.0943. The lowest BCUT2D eigenvalue weighted by Crippen LogP contribution is -2.51. The Balaban J connectivity index is 1.31. The van der Waals surface area contributed by atoms with Crippen LogP contribution in [0.25, 0.3) is 11.0 Å². The van der Waals surface area contributed by atoms with E-state index in [1.54, 1.807) is 7.11 Å². The second kappa shape index (κ2) is 10.8. The van der Waals surface area contributed by atoms with Crippen molar-refractivity contribution in [2.75, 3.05) is 33.3 Å². The monoisotopic (exact) mass is 478 g/mol. The van der Waals surface area contributed by atoms with E-state index in [0.29, 0.717) is 31.7 Å². The van der Waals surface area contributed by atoms with Crippen molar-refractivity contribution in [2.24, 2.45) is 7.05 Å². The first-order chi connectivity index (χ1) is 16.8. The number of hydrogen-bond acceptors (Lipinski definition) is 5. The largest absolute Gasteiger partial charge is 0.497 e. The summed E-state index contributed by atoms with van der Waals surface area (Å²) in [6, 6.07) is 13.4. The highest BCUT2D eigenvalue weighted by Crippen LogP contribution is 2.19. The number of amides is 3. The van der Waals surface area contributed by atoms with Crippen LogP contribution in [0.5, 0.6) is 5.75 Å². The molecule has 0 spiro atoms. The average molecular weight is 479 g/mol. The van der Waals surface area contributed by atoms with Gasteiger partial charge in [0, 0.05) is 51.4 Å². The van der Waals surface area contributed by atoms with Crippen molar-refractivity contribution < 1.29 is 14.3 Å². The smallest absolute Gasteiger partial charge is 0.317 e. The van der Waals surface area contributed by atoms with Crippen LogP contribution >= 0.6 is 0 Å². The normalized spacial score (nSPS) is 14.4. The molecule has 3 amide bonds. The number of methoxy groups -OCH3 is 1. The standard InChI is InChI=1S/C26H34N6O3/c1-18(2)28-25(33)20-8-9-23-22(15-20)29-24(30(23)3)17-31-10-12-32(13-11-31)26(34)27-16-19-6-5-7-21(14-19)35-4/h5-9,14-15,18H,10-13,16-17H2,1-4H3,(H,27,34)(H,28,33). The molecule has 9 heteroatoms. The molecule has 2 heterocycles. The van der Waals surface area contributed by atoms with Crippen molar-refractivity contribution in [3.63, 3.8) is 0 Å². The number of rotatable bonds is 7. The van der Waals surface area contributed by atoms with Crippen molar-refractivity contribution in [1.29, 1.82) is 0 Å². The van der Waals surface area contributed by atoms with Gasteiger partial charge in [-0.05, 0) is 49.7 Å². The van der Waals surface area contributed by atoms with Crippen molar-refractivity contribution in [1.82, 2.24) is 30.0 Å². The summed E-state index contributed by atoms with van der Waals surface area (Å²) >= 11 is 0. The molecule has 1 fully saturated rings. The molecule has 4 rings (SSSR count). The molecule has 186 valence electrons. The first-order valence-electron chi connectivity index (χ1n) is 12.0. The van der Waals surface area contributed by atoms with Gasteiger partial charge >= 0.3 is 6.03 Å². The summed E-state index contributed by atoms with van der Waals surface area (Å²) in [5.41, 5.74) is 3.43. The third kappa shape index (κ3) is 5.92. The molecule has 9 nitrogen and oxygen atoms in total. The number of aryl methyl sites for hydroxylation is 1. The van der Waals surface area contributed by atoms with Crippen LogP contribution in [0.3, 0.4) is 0 Å². The molecule has 1 aromatic heterocycles. The second-order valence-electron chi connectivity index (χ2n) is 9.19. The Bertz CT molecular complexity index is 1200. The van der Waals surface area contributed by atoms with Crippen LogP contribution < -0.4 is 15.4 Å². The fourth-order valence-corrected chi connectivity index (χ4v) is 4.26. The zero-order valence-electron chi connectivity index (χ0n) is 20.9. The van der Waals surface area contributed by atoms with Crippen LogP contribution in [0, 0.1) is 0 Å². The first kappa shape index (κ1) is 24.5. The number of fused-ring (bicyclic) bond motifs is 1. The lowest BCUT2D eigenvalue weighted by atomic mass is 10.2. The van der Waals surface area contributed by atoms with Gasteiger partial charge in [0.25, 0.3) is 5.91 Å². The van der Waals surface area contributed by atoms with Gasteiger partial charge in [-0.3, -0.25) is 9.69 Å². The van der Waals surface area contributed by atoms with E-state index in [1.807, 2.05) is 68.3 Å². The summed E-state index contributed by atoms with van der Waals surface area (Å²) in [4.78, 5) is 33.9. The topological polar surface area (TPSA) is 91.7 Å². The maximum Gasteiger partial charge on any atom is 0.317 e. The van der Waals surface area contributed by atoms with Gasteiger partial charge in [0.05, 0.1) is 24.7 Å². The van der Waals surface area contributed by atoms with Crippen LogP contribution in [0.15, 0.2) is 42.5 Å². The van der Waals surface area contributed by atoms with Gasteiger partial charge in [-0.25, -0.2) is 9.78 Å². The predicted molar refractivity (Wildman–Crippen MR) is 135 cm³/mol. The third-order valence-electron chi connectivity index (χ3n) is 6.26. The van der Waals surface area contributed by atoms with Crippen LogP contribution in [0.4, 0.5) is 4.79 Å². The first-order valence-corrected chi connectivity index (χ1v) is 12.0. The molecule has 35 heavy (non-hydrogen) atoms. The Hall–Kier alpha value is -3.59. The molecule has 2 N–H and O–H groups in total. The van der Waals surface area contributed by atoms with Crippen molar-refractivity contribution >= 4 is 23.0 Å². The number of imidazole rings is 1. The van der Waals surface area contributed by atoms with E-state index in [4.69, 9.17) is 9.72 Å². The van der Waals surface area contributed by atoms with Gasteiger partial charge in [-0.2, -0.15) is 0 Å². The SMILES string of the molecule is COc1cccc(CNC(=O)N2CCN(Cc3nc4cc(C(=O)NC(C)C)ccc4n3C)CC2)c1. The average Bonchev–Trinajstić information content (AvgIpc) is 3.17. The van der Waals surface area contributed by atoms with Gasteiger partial charge in [0.2, 0.25) is 0 Å². The highest BCUT2D eigenvalue weighted by Gasteiger charge is 2.22. The fraction of sp³-hybridized carbons (Fsp3) is 0.423. The number of hydrogen-bond donors (Lipinski definition) is 2. The number of urea groups is 1. The number of nitrogens with zero attached hydrogens (tertiary/aromatic N) is 4. The minimum Gasteiger partial charge on any atom is -0.497 e. The molecule has 3 aromatic rings.